The van der Waals surface area contributed by atoms with Crippen molar-refractivity contribution in [3.8, 4) is 0 Å². The van der Waals surface area contributed by atoms with Crippen molar-refractivity contribution < 1.29 is 14.7 Å². The molecule has 0 amide bonds. The number of carboxylic acids is 1. The van der Waals surface area contributed by atoms with Crippen LogP contribution in [0.15, 0.2) is 18.2 Å². The molecule has 0 bridgehead atoms. The maximum Gasteiger partial charge on any atom is 0.307 e. The SMILES string of the molecule is CC(=O)C(Br)c1ccc(C)cc1CC(=O)O. The number of halogens is 1. The lowest BCUT2D eigenvalue weighted by Gasteiger charge is -2.12. The molecule has 0 aliphatic rings. The Morgan fingerprint density at radius 1 is 1.44 bits per heavy atom. The Hall–Kier alpha value is -1.16. The van der Waals surface area contributed by atoms with Crippen molar-refractivity contribution in [2.75, 3.05) is 0 Å². The van der Waals surface area contributed by atoms with Crippen molar-refractivity contribution in [1.29, 1.82) is 0 Å². The molecular weight excluding hydrogens is 272 g/mol. The van der Waals surface area contributed by atoms with Crippen LogP contribution in [0.4, 0.5) is 0 Å². The summed E-state index contributed by atoms with van der Waals surface area (Å²) >= 11 is 3.27. The number of hydrogen-bond donors (Lipinski definition) is 1. The van der Waals surface area contributed by atoms with E-state index >= 15 is 0 Å². The summed E-state index contributed by atoms with van der Waals surface area (Å²) in [5.41, 5.74) is 2.41. The van der Waals surface area contributed by atoms with Gasteiger partial charge in [-0.2, -0.15) is 0 Å². The maximum absolute atomic E-state index is 11.3. The van der Waals surface area contributed by atoms with E-state index in [4.69, 9.17) is 5.11 Å². The van der Waals surface area contributed by atoms with E-state index in [2.05, 4.69) is 15.9 Å². The van der Waals surface area contributed by atoms with Crippen molar-refractivity contribution >= 4 is 27.7 Å². The summed E-state index contributed by atoms with van der Waals surface area (Å²) in [5, 5.41) is 8.80. The number of aliphatic carboxylic acids is 1. The molecule has 86 valence electrons. The number of carboxylic acid groups (broad SMARTS) is 1. The van der Waals surface area contributed by atoms with Gasteiger partial charge in [-0.3, -0.25) is 9.59 Å². The molecule has 1 aromatic carbocycles. The summed E-state index contributed by atoms with van der Waals surface area (Å²) in [4.78, 5) is 21.6. The van der Waals surface area contributed by atoms with Gasteiger partial charge >= 0.3 is 5.97 Å². The first-order valence-corrected chi connectivity index (χ1v) is 5.79. The molecular formula is C12H13BrO3. The Balaban J connectivity index is 3.16. The molecule has 0 aromatic heterocycles. The van der Waals surface area contributed by atoms with Crippen LogP contribution in [0, 0.1) is 6.92 Å². The van der Waals surface area contributed by atoms with Gasteiger partial charge in [0.2, 0.25) is 0 Å². The second-order valence-electron chi connectivity index (χ2n) is 3.75. The summed E-state index contributed by atoms with van der Waals surface area (Å²) in [5.74, 6) is -0.925. The second kappa shape index (κ2) is 5.25. The third-order valence-electron chi connectivity index (χ3n) is 2.27. The first kappa shape index (κ1) is 12.9. The minimum atomic E-state index is -0.893. The zero-order valence-electron chi connectivity index (χ0n) is 9.16. The van der Waals surface area contributed by atoms with E-state index in [1.165, 1.54) is 6.92 Å². The highest BCUT2D eigenvalue weighted by molar-refractivity contribution is 9.09. The van der Waals surface area contributed by atoms with E-state index in [-0.39, 0.29) is 12.2 Å². The summed E-state index contributed by atoms with van der Waals surface area (Å²) in [6.45, 7) is 3.37. The average Bonchev–Trinajstić information content (AvgIpc) is 2.15. The van der Waals surface area contributed by atoms with Gasteiger partial charge in [-0.15, -0.1) is 0 Å². The third-order valence-corrected chi connectivity index (χ3v) is 3.41. The first-order valence-electron chi connectivity index (χ1n) is 4.87. The third kappa shape index (κ3) is 3.17. The molecule has 0 fully saturated rings. The van der Waals surface area contributed by atoms with Gasteiger partial charge in [0.1, 0.15) is 5.78 Å². The molecule has 0 heterocycles. The molecule has 1 atom stereocenters. The largest absolute Gasteiger partial charge is 0.481 e. The zero-order chi connectivity index (χ0) is 12.3. The van der Waals surface area contributed by atoms with Gasteiger partial charge in [0.25, 0.3) is 0 Å². The molecule has 3 nitrogen and oxygen atoms in total. The van der Waals surface area contributed by atoms with Crippen LogP contribution in [0.3, 0.4) is 0 Å². The number of carbonyl (C=O) groups excluding carboxylic acids is 1. The van der Waals surface area contributed by atoms with Crippen LogP contribution in [-0.4, -0.2) is 16.9 Å². The smallest absolute Gasteiger partial charge is 0.307 e. The lowest BCUT2D eigenvalue weighted by atomic mass is 9.98. The van der Waals surface area contributed by atoms with Crippen LogP contribution < -0.4 is 0 Å². The van der Waals surface area contributed by atoms with Crippen LogP contribution >= 0.6 is 15.9 Å². The topological polar surface area (TPSA) is 54.4 Å². The van der Waals surface area contributed by atoms with Crippen molar-refractivity contribution in [3.05, 3.63) is 34.9 Å². The average molecular weight is 285 g/mol. The van der Waals surface area contributed by atoms with Crippen molar-refractivity contribution in [1.82, 2.24) is 0 Å². The lowest BCUT2D eigenvalue weighted by Crippen LogP contribution is -2.09. The standard InChI is InChI=1S/C12H13BrO3/c1-7-3-4-10(12(13)8(2)14)9(5-7)6-11(15)16/h3-5,12H,6H2,1-2H3,(H,15,16). The molecule has 1 aromatic rings. The summed E-state index contributed by atoms with van der Waals surface area (Å²) < 4.78 is 0. The Morgan fingerprint density at radius 2 is 2.06 bits per heavy atom. The molecule has 1 unspecified atom stereocenters. The quantitative estimate of drug-likeness (QED) is 0.865. The van der Waals surface area contributed by atoms with E-state index in [0.29, 0.717) is 5.56 Å². The van der Waals surface area contributed by atoms with Gasteiger partial charge in [0, 0.05) is 0 Å². The molecule has 1 rings (SSSR count). The fourth-order valence-corrected chi connectivity index (χ4v) is 1.96. The van der Waals surface area contributed by atoms with Crippen molar-refractivity contribution in [2.45, 2.75) is 25.1 Å². The molecule has 0 aliphatic carbocycles. The highest BCUT2D eigenvalue weighted by Crippen LogP contribution is 2.28. The molecule has 0 spiro atoms. The Bertz CT molecular complexity index is 426. The van der Waals surface area contributed by atoms with Crippen molar-refractivity contribution in [3.63, 3.8) is 0 Å². The molecule has 0 radical (unpaired) electrons. The number of ketones is 1. The predicted octanol–water partition coefficient (Wildman–Crippen LogP) is 2.65. The fourth-order valence-electron chi connectivity index (χ4n) is 1.52. The number of hydrogen-bond acceptors (Lipinski definition) is 2. The number of benzene rings is 1. The van der Waals surface area contributed by atoms with Gasteiger partial charge in [-0.1, -0.05) is 39.7 Å². The van der Waals surface area contributed by atoms with E-state index in [9.17, 15) is 9.59 Å². The van der Waals surface area contributed by atoms with Gasteiger partial charge in [0.15, 0.2) is 0 Å². The van der Waals surface area contributed by atoms with E-state index < -0.39 is 10.8 Å². The Morgan fingerprint density at radius 3 is 2.56 bits per heavy atom. The summed E-state index contributed by atoms with van der Waals surface area (Å²) in [6, 6.07) is 5.48. The second-order valence-corrected chi connectivity index (χ2v) is 4.66. The predicted molar refractivity (Wildman–Crippen MR) is 64.9 cm³/mol. The van der Waals surface area contributed by atoms with E-state index in [1.54, 1.807) is 12.1 Å². The lowest BCUT2D eigenvalue weighted by molar-refractivity contribution is -0.136. The molecule has 16 heavy (non-hydrogen) atoms. The highest BCUT2D eigenvalue weighted by atomic mass is 79.9. The minimum Gasteiger partial charge on any atom is -0.481 e. The normalized spacial score (nSPS) is 12.2. The van der Waals surface area contributed by atoms with Crippen LogP contribution in [0.5, 0.6) is 0 Å². The molecule has 0 saturated carbocycles. The van der Waals surface area contributed by atoms with Gasteiger partial charge in [0.05, 0.1) is 11.2 Å². The van der Waals surface area contributed by atoms with Crippen molar-refractivity contribution in [2.24, 2.45) is 0 Å². The fraction of sp³-hybridized carbons (Fsp3) is 0.333. The monoisotopic (exact) mass is 284 g/mol. The molecule has 0 aliphatic heterocycles. The number of rotatable bonds is 4. The van der Waals surface area contributed by atoms with Gasteiger partial charge in [-0.25, -0.2) is 0 Å². The van der Waals surface area contributed by atoms with E-state index in [0.717, 1.165) is 11.1 Å². The number of carbonyl (C=O) groups is 2. The van der Waals surface area contributed by atoms with E-state index in [1.807, 2.05) is 13.0 Å². The Kier molecular flexibility index (Phi) is 4.24. The highest BCUT2D eigenvalue weighted by Gasteiger charge is 2.17. The van der Waals surface area contributed by atoms with Gasteiger partial charge < -0.3 is 5.11 Å². The van der Waals surface area contributed by atoms with Crippen LogP contribution in [0.1, 0.15) is 28.4 Å². The Labute approximate surface area is 103 Å². The van der Waals surface area contributed by atoms with Crippen LogP contribution in [0.25, 0.3) is 0 Å². The van der Waals surface area contributed by atoms with Gasteiger partial charge in [-0.05, 0) is 25.0 Å². The molecule has 4 heteroatoms. The first-order chi connectivity index (χ1) is 7.41. The molecule has 0 saturated heterocycles. The number of aryl methyl sites for hydroxylation is 1. The summed E-state index contributed by atoms with van der Waals surface area (Å²) in [7, 11) is 0. The maximum atomic E-state index is 11.3. The zero-order valence-corrected chi connectivity index (χ0v) is 10.7. The van der Waals surface area contributed by atoms with Crippen LogP contribution in [-0.2, 0) is 16.0 Å². The number of alkyl halides is 1. The summed E-state index contributed by atoms with van der Waals surface area (Å²) in [6.07, 6.45) is -0.0631. The number of Topliss-reactive ketones (excluding diaryl/α,β-unsaturated/α-hetero) is 1. The van der Waals surface area contributed by atoms with Crippen LogP contribution in [0.2, 0.25) is 0 Å². The molecule has 1 N–H and O–H groups in total. The minimum absolute atomic E-state index is 0.0320.